The molecule has 0 unspecified atom stereocenters. The molecule has 0 saturated carbocycles. The number of hydrogen-bond acceptors (Lipinski definition) is 0. The van der Waals surface area contributed by atoms with E-state index in [0.717, 1.165) is 0 Å². The largest absolute Gasteiger partial charge is 1.00 e. The summed E-state index contributed by atoms with van der Waals surface area (Å²) in [6.07, 6.45) is 20.0. The van der Waals surface area contributed by atoms with Gasteiger partial charge in [-0.05, 0) is 6.42 Å². The molecule has 0 aliphatic heterocycles. The predicted molar refractivity (Wildman–Crippen MR) is 83.1 cm³/mol. The zero-order valence-electron chi connectivity index (χ0n) is 13.2. The lowest BCUT2D eigenvalue weighted by Gasteiger charge is -2.01. The third kappa shape index (κ3) is 11.7. The van der Waals surface area contributed by atoms with Crippen molar-refractivity contribution in [1.29, 1.82) is 0 Å². The van der Waals surface area contributed by atoms with Crippen LogP contribution in [0.2, 0.25) is 0 Å². The fraction of sp³-hybridized carbons (Fsp3) is 0.722. The Balaban J connectivity index is 0.00000361. The summed E-state index contributed by atoms with van der Waals surface area (Å²) in [4.78, 5) is 0. The highest BCUT2D eigenvalue weighted by atomic mass is 127. The molecule has 20 heavy (non-hydrogen) atoms. The first-order valence-corrected chi connectivity index (χ1v) is 8.37. The molecule has 0 saturated heterocycles. The molecule has 1 aromatic rings. The summed E-state index contributed by atoms with van der Waals surface area (Å²) < 4.78 is 2.29. The van der Waals surface area contributed by atoms with Gasteiger partial charge in [-0.15, -0.1) is 0 Å². The SMILES string of the molecule is CCCCCCCCCCCCC[n+]1ccccc1.[I-]. The highest BCUT2D eigenvalue weighted by molar-refractivity contribution is 4.83. The summed E-state index contributed by atoms with van der Waals surface area (Å²) in [6, 6.07) is 6.30. The van der Waals surface area contributed by atoms with Crippen LogP contribution in [0.3, 0.4) is 0 Å². The third-order valence-electron chi connectivity index (χ3n) is 3.80. The zero-order chi connectivity index (χ0) is 13.6. The minimum atomic E-state index is 0. The lowest BCUT2D eigenvalue weighted by Crippen LogP contribution is -3.00. The first kappa shape index (κ1) is 19.9. The van der Waals surface area contributed by atoms with E-state index >= 15 is 0 Å². The molecule has 0 amide bonds. The summed E-state index contributed by atoms with van der Waals surface area (Å²) in [7, 11) is 0. The van der Waals surface area contributed by atoms with Gasteiger partial charge in [0, 0.05) is 18.6 Å². The van der Waals surface area contributed by atoms with Crippen molar-refractivity contribution < 1.29 is 28.5 Å². The smallest absolute Gasteiger partial charge is 0.168 e. The van der Waals surface area contributed by atoms with E-state index in [-0.39, 0.29) is 24.0 Å². The molecule has 0 aliphatic carbocycles. The minimum Gasteiger partial charge on any atom is -1.00 e. The molecular weight excluding hydrogens is 357 g/mol. The minimum absolute atomic E-state index is 0. The van der Waals surface area contributed by atoms with Gasteiger partial charge in [-0.2, -0.15) is 0 Å². The van der Waals surface area contributed by atoms with Gasteiger partial charge in [0.25, 0.3) is 0 Å². The van der Waals surface area contributed by atoms with Crippen molar-refractivity contribution in [3.63, 3.8) is 0 Å². The second-order valence-corrected chi connectivity index (χ2v) is 5.65. The van der Waals surface area contributed by atoms with E-state index < -0.39 is 0 Å². The molecule has 1 rings (SSSR count). The van der Waals surface area contributed by atoms with E-state index in [0.29, 0.717) is 0 Å². The summed E-state index contributed by atoms with van der Waals surface area (Å²) in [6.45, 7) is 3.46. The Morgan fingerprint density at radius 2 is 1.05 bits per heavy atom. The summed E-state index contributed by atoms with van der Waals surface area (Å²) >= 11 is 0. The Hall–Kier alpha value is -0.120. The fourth-order valence-electron chi connectivity index (χ4n) is 2.54. The molecule has 1 nitrogen and oxygen atoms in total. The van der Waals surface area contributed by atoms with Crippen LogP contribution in [0.5, 0.6) is 0 Å². The van der Waals surface area contributed by atoms with E-state index in [1.165, 1.54) is 77.2 Å². The van der Waals surface area contributed by atoms with Crippen molar-refractivity contribution in [3.8, 4) is 0 Å². The summed E-state index contributed by atoms with van der Waals surface area (Å²) in [5.74, 6) is 0. The Morgan fingerprint density at radius 1 is 0.600 bits per heavy atom. The Morgan fingerprint density at radius 3 is 1.55 bits per heavy atom. The molecule has 0 spiro atoms. The molecule has 1 heterocycles. The average Bonchev–Trinajstić information content (AvgIpc) is 2.46. The van der Waals surface area contributed by atoms with Crippen LogP contribution in [0.15, 0.2) is 30.6 Å². The maximum Gasteiger partial charge on any atom is 0.168 e. The third-order valence-corrected chi connectivity index (χ3v) is 3.80. The van der Waals surface area contributed by atoms with E-state index in [1.807, 2.05) is 0 Å². The van der Waals surface area contributed by atoms with Crippen molar-refractivity contribution >= 4 is 0 Å². The molecular formula is C18H32IN. The molecule has 0 atom stereocenters. The monoisotopic (exact) mass is 389 g/mol. The van der Waals surface area contributed by atoms with Crippen molar-refractivity contribution in [2.45, 2.75) is 84.1 Å². The number of halogens is 1. The zero-order valence-corrected chi connectivity index (χ0v) is 15.4. The number of nitrogens with zero attached hydrogens (tertiary/aromatic N) is 1. The van der Waals surface area contributed by atoms with Gasteiger partial charge in [0.05, 0.1) is 0 Å². The van der Waals surface area contributed by atoms with Gasteiger partial charge >= 0.3 is 0 Å². The highest BCUT2D eigenvalue weighted by Gasteiger charge is 1.97. The Kier molecular flexibility index (Phi) is 15.2. The molecule has 0 N–H and O–H groups in total. The van der Waals surface area contributed by atoms with Gasteiger partial charge in [0.2, 0.25) is 0 Å². The molecule has 0 fully saturated rings. The lowest BCUT2D eigenvalue weighted by molar-refractivity contribution is -0.697. The summed E-state index contributed by atoms with van der Waals surface area (Å²) in [5, 5.41) is 0. The van der Waals surface area contributed by atoms with Crippen LogP contribution in [0.25, 0.3) is 0 Å². The van der Waals surface area contributed by atoms with Gasteiger partial charge in [-0.1, -0.05) is 70.8 Å². The lowest BCUT2D eigenvalue weighted by atomic mass is 10.1. The molecule has 0 bridgehead atoms. The fourth-order valence-corrected chi connectivity index (χ4v) is 2.54. The summed E-state index contributed by atoms with van der Waals surface area (Å²) in [5.41, 5.74) is 0. The van der Waals surface area contributed by atoms with Crippen molar-refractivity contribution in [1.82, 2.24) is 0 Å². The number of hydrogen-bond donors (Lipinski definition) is 0. The van der Waals surface area contributed by atoms with Crippen LogP contribution in [-0.4, -0.2) is 0 Å². The maximum atomic E-state index is 2.29. The normalized spacial score (nSPS) is 10.2. The molecule has 116 valence electrons. The molecule has 2 heteroatoms. The first-order chi connectivity index (χ1) is 9.43. The topological polar surface area (TPSA) is 3.88 Å². The van der Waals surface area contributed by atoms with Gasteiger partial charge in [-0.25, -0.2) is 4.57 Å². The standard InChI is InChI=1S/C18H32N.HI/c1-2-3-4-5-6-7-8-9-10-11-13-16-19-17-14-12-15-18-19;/h12,14-15,17-18H,2-11,13,16H2,1H3;1H/q+1;/p-1. The number of aromatic nitrogens is 1. The average molecular weight is 389 g/mol. The second-order valence-electron chi connectivity index (χ2n) is 5.65. The molecule has 0 aliphatic rings. The van der Waals surface area contributed by atoms with Crippen LogP contribution < -0.4 is 28.5 Å². The first-order valence-electron chi connectivity index (χ1n) is 8.37. The van der Waals surface area contributed by atoms with Crippen LogP contribution >= 0.6 is 0 Å². The van der Waals surface area contributed by atoms with Crippen molar-refractivity contribution in [2.24, 2.45) is 0 Å². The van der Waals surface area contributed by atoms with Gasteiger partial charge in [-0.3, -0.25) is 0 Å². The van der Waals surface area contributed by atoms with Gasteiger partial charge in [0.1, 0.15) is 6.54 Å². The van der Waals surface area contributed by atoms with Crippen LogP contribution in [0.1, 0.15) is 77.6 Å². The van der Waals surface area contributed by atoms with E-state index in [9.17, 15) is 0 Å². The maximum absolute atomic E-state index is 2.29. The quantitative estimate of drug-likeness (QED) is 0.294. The van der Waals surface area contributed by atoms with E-state index in [1.54, 1.807) is 0 Å². The van der Waals surface area contributed by atoms with Crippen LogP contribution in [0.4, 0.5) is 0 Å². The highest BCUT2D eigenvalue weighted by Crippen LogP contribution is 2.11. The van der Waals surface area contributed by atoms with Crippen LogP contribution in [-0.2, 0) is 6.54 Å². The van der Waals surface area contributed by atoms with Gasteiger partial charge in [0.15, 0.2) is 12.4 Å². The number of aryl methyl sites for hydroxylation is 1. The molecule has 0 radical (unpaired) electrons. The number of unbranched alkanes of at least 4 members (excludes halogenated alkanes) is 10. The molecule has 0 aromatic carbocycles. The molecule has 1 aromatic heterocycles. The van der Waals surface area contributed by atoms with E-state index in [2.05, 4.69) is 42.1 Å². The van der Waals surface area contributed by atoms with Crippen molar-refractivity contribution in [3.05, 3.63) is 30.6 Å². The van der Waals surface area contributed by atoms with Crippen molar-refractivity contribution in [2.75, 3.05) is 0 Å². The van der Waals surface area contributed by atoms with E-state index in [4.69, 9.17) is 0 Å². The Labute approximate surface area is 143 Å². The van der Waals surface area contributed by atoms with Crippen LogP contribution in [0, 0.1) is 0 Å². The Bertz CT molecular complexity index is 287. The predicted octanol–water partition coefficient (Wildman–Crippen LogP) is 2.29. The second kappa shape index (κ2) is 15.3. The number of pyridine rings is 1. The number of rotatable bonds is 12. The van der Waals surface area contributed by atoms with Gasteiger partial charge < -0.3 is 24.0 Å².